The Balaban J connectivity index is 1.54. The van der Waals surface area contributed by atoms with Gasteiger partial charge in [-0.3, -0.25) is 19.7 Å². The maximum atomic E-state index is 14.0. The van der Waals surface area contributed by atoms with E-state index in [0.29, 0.717) is 16.3 Å². The molecule has 0 fully saturated rings. The molecule has 2 bridgehead atoms. The maximum Gasteiger partial charge on any atom is 0.251 e. The summed E-state index contributed by atoms with van der Waals surface area (Å²) in [6, 6.07) is 16.3. The molecule has 0 radical (unpaired) electrons. The summed E-state index contributed by atoms with van der Waals surface area (Å²) in [6.07, 6.45) is 7.84. The summed E-state index contributed by atoms with van der Waals surface area (Å²) >= 11 is 1.17. The molecule has 4 unspecified atom stereocenters. The standard InChI is InChI=1S/C29H27N3O4S/c1-19-11-5-4-10-16-29(32(35)36)18-28(2,24(19)21-14-8-9-15-22(21)29)26(34)31-27-30-23(17-37-27)25(33)20-12-6-3-7-13-20/h3-15,17,19,24H,16,18H2,1-2H3,(H,30,31,34)/b10-4-,11-5-. The molecular formula is C29H27N3O4S. The largest absolute Gasteiger partial charge is 0.301 e. The second-order valence-corrected chi connectivity index (χ2v) is 10.9. The fraction of sp³-hybridized carbons (Fsp3) is 0.276. The Morgan fingerprint density at radius 3 is 2.59 bits per heavy atom. The van der Waals surface area contributed by atoms with Gasteiger partial charge in [-0.1, -0.05) is 85.8 Å². The number of anilines is 1. The summed E-state index contributed by atoms with van der Waals surface area (Å²) in [6.45, 7) is 3.86. The van der Waals surface area contributed by atoms with Gasteiger partial charge in [0, 0.05) is 40.2 Å². The Morgan fingerprint density at radius 2 is 1.84 bits per heavy atom. The molecule has 3 aromatic rings. The first-order valence-electron chi connectivity index (χ1n) is 12.2. The van der Waals surface area contributed by atoms with Gasteiger partial charge in [-0.15, -0.1) is 11.3 Å². The number of hydrogen-bond acceptors (Lipinski definition) is 6. The van der Waals surface area contributed by atoms with Crippen LogP contribution in [0.4, 0.5) is 5.13 Å². The molecule has 7 nitrogen and oxygen atoms in total. The van der Waals surface area contributed by atoms with Crippen LogP contribution in [0.5, 0.6) is 0 Å². The molecule has 1 N–H and O–H groups in total. The predicted octanol–water partition coefficient (Wildman–Crippen LogP) is 6.13. The molecular weight excluding hydrogens is 486 g/mol. The van der Waals surface area contributed by atoms with Crippen molar-refractivity contribution >= 4 is 28.2 Å². The number of carbonyl (C=O) groups excluding carboxylic acids is 2. The number of carbonyl (C=O) groups is 2. The lowest BCUT2D eigenvalue weighted by Crippen LogP contribution is -2.53. The van der Waals surface area contributed by atoms with E-state index in [2.05, 4.69) is 10.3 Å². The molecule has 1 heterocycles. The van der Waals surface area contributed by atoms with Crippen LogP contribution in [0.3, 0.4) is 0 Å². The van der Waals surface area contributed by atoms with Crippen molar-refractivity contribution in [3.05, 3.63) is 117 Å². The third-order valence-electron chi connectivity index (χ3n) is 7.65. The average molecular weight is 514 g/mol. The molecule has 8 heteroatoms. The van der Waals surface area contributed by atoms with E-state index in [0.717, 1.165) is 5.56 Å². The van der Waals surface area contributed by atoms with Crippen LogP contribution in [0.15, 0.2) is 84.3 Å². The van der Waals surface area contributed by atoms with Gasteiger partial charge in [0.05, 0.1) is 5.41 Å². The zero-order chi connectivity index (χ0) is 26.2. The first kappa shape index (κ1) is 24.8. The highest BCUT2D eigenvalue weighted by molar-refractivity contribution is 7.14. The SMILES string of the molecule is CC1/C=C\C=C/CC2([N+](=O)[O-])CC(C)(C(=O)Nc3nc(C(=O)c4ccccc4)cs3)C1c1ccccc12. The predicted molar refractivity (Wildman–Crippen MR) is 143 cm³/mol. The maximum absolute atomic E-state index is 14.0. The third kappa shape index (κ3) is 4.21. The molecule has 1 aromatic heterocycles. The van der Waals surface area contributed by atoms with E-state index >= 15 is 0 Å². The Morgan fingerprint density at radius 1 is 1.11 bits per heavy atom. The van der Waals surface area contributed by atoms with Crippen molar-refractivity contribution in [2.45, 2.75) is 38.1 Å². The zero-order valence-electron chi connectivity index (χ0n) is 20.6. The van der Waals surface area contributed by atoms with Gasteiger partial charge in [-0.05, 0) is 18.4 Å². The highest BCUT2D eigenvalue weighted by atomic mass is 32.1. The number of nitrogens with one attached hydrogen (secondary N) is 1. The van der Waals surface area contributed by atoms with Crippen LogP contribution in [-0.2, 0) is 10.3 Å². The summed E-state index contributed by atoms with van der Waals surface area (Å²) in [5.74, 6) is -0.912. The van der Waals surface area contributed by atoms with E-state index in [9.17, 15) is 19.7 Å². The van der Waals surface area contributed by atoms with Gasteiger partial charge in [0.1, 0.15) is 5.69 Å². The zero-order valence-corrected chi connectivity index (χ0v) is 21.4. The number of aromatic nitrogens is 1. The van der Waals surface area contributed by atoms with E-state index < -0.39 is 11.0 Å². The average Bonchev–Trinajstić information content (AvgIpc) is 3.36. The van der Waals surface area contributed by atoms with Gasteiger partial charge in [-0.2, -0.15) is 0 Å². The van der Waals surface area contributed by atoms with Gasteiger partial charge < -0.3 is 5.32 Å². The van der Waals surface area contributed by atoms with Crippen molar-refractivity contribution in [2.75, 3.05) is 5.32 Å². The van der Waals surface area contributed by atoms with Crippen molar-refractivity contribution in [1.29, 1.82) is 0 Å². The first-order chi connectivity index (χ1) is 17.8. The van der Waals surface area contributed by atoms with Crippen LogP contribution < -0.4 is 5.32 Å². The fourth-order valence-electron chi connectivity index (χ4n) is 5.96. The number of nitrogens with zero attached hydrogens (tertiary/aromatic N) is 2. The number of ketones is 1. The summed E-state index contributed by atoms with van der Waals surface area (Å²) < 4.78 is 0. The first-order valence-corrected chi connectivity index (χ1v) is 13.1. The van der Waals surface area contributed by atoms with Crippen molar-refractivity contribution in [3.8, 4) is 0 Å². The molecule has 0 aliphatic heterocycles. The second-order valence-electron chi connectivity index (χ2n) is 10.0. The van der Waals surface area contributed by atoms with Crippen LogP contribution in [0.1, 0.15) is 59.8 Å². The molecule has 0 saturated carbocycles. The molecule has 2 aromatic carbocycles. The number of hydrogen-bond donors (Lipinski definition) is 1. The van der Waals surface area contributed by atoms with Crippen LogP contribution in [-0.4, -0.2) is 21.6 Å². The van der Waals surface area contributed by atoms with Crippen molar-refractivity contribution in [1.82, 2.24) is 4.98 Å². The van der Waals surface area contributed by atoms with E-state index in [1.54, 1.807) is 29.6 Å². The van der Waals surface area contributed by atoms with Gasteiger partial charge in [-0.25, -0.2) is 4.98 Å². The van der Waals surface area contributed by atoms with Gasteiger partial charge >= 0.3 is 0 Å². The number of amides is 1. The molecule has 2 aliphatic carbocycles. The minimum atomic E-state index is -1.43. The molecule has 188 valence electrons. The van der Waals surface area contributed by atoms with E-state index in [1.165, 1.54) is 11.3 Å². The normalized spacial score (nSPS) is 28.1. The number of allylic oxidation sites excluding steroid dienone is 3. The molecule has 4 atom stereocenters. The van der Waals surface area contributed by atoms with Crippen molar-refractivity contribution in [2.24, 2.45) is 11.3 Å². The minimum absolute atomic E-state index is 0.0458. The molecule has 1 amide bonds. The summed E-state index contributed by atoms with van der Waals surface area (Å²) in [5, 5.41) is 17.5. The molecule has 37 heavy (non-hydrogen) atoms. The van der Waals surface area contributed by atoms with Crippen LogP contribution in [0.25, 0.3) is 0 Å². The molecule has 5 rings (SSSR count). The number of thiazole rings is 1. The van der Waals surface area contributed by atoms with E-state index in [1.807, 2.05) is 68.5 Å². The second kappa shape index (κ2) is 9.52. The molecule has 0 saturated heterocycles. The monoisotopic (exact) mass is 513 g/mol. The summed E-state index contributed by atoms with van der Waals surface area (Å²) in [4.78, 5) is 43.7. The van der Waals surface area contributed by atoms with Gasteiger partial charge in [0.15, 0.2) is 5.13 Å². The Bertz CT molecular complexity index is 1430. The van der Waals surface area contributed by atoms with Crippen LogP contribution in [0.2, 0.25) is 0 Å². The molecule has 2 aliphatic rings. The summed E-state index contributed by atoms with van der Waals surface area (Å²) in [7, 11) is 0. The lowest BCUT2D eigenvalue weighted by molar-refractivity contribution is -0.584. The third-order valence-corrected chi connectivity index (χ3v) is 8.41. The Labute approximate surface area is 219 Å². The smallest absolute Gasteiger partial charge is 0.251 e. The van der Waals surface area contributed by atoms with Gasteiger partial charge in [0.25, 0.3) is 5.54 Å². The lowest BCUT2D eigenvalue weighted by atomic mass is 9.54. The fourth-order valence-corrected chi connectivity index (χ4v) is 6.64. The number of benzene rings is 2. The van der Waals surface area contributed by atoms with Crippen molar-refractivity contribution < 1.29 is 14.5 Å². The van der Waals surface area contributed by atoms with E-state index in [-0.39, 0.29) is 47.0 Å². The lowest BCUT2D eigenvalue weighted by Gasteiger charge is -2.48. The Kier molecular flexibility index (Phi) is 6.37. The quantitative estimate of drug-likeness (QED) is 0.251. The topological polar surface area (TPSA) is 102 Å². The Hall–Kier alpha value is -3.91. The van der Waals surface area contributed by atoms with E-state index in [4.69, 9.17) is 0 Å². The highest BCUT2D eigenvalue weighted by Crippen LogP contribution is 2.58. The van der Waals surface area contributed by atoms with Crippen molar-refractivity contribution in [3.63, 3.8) is 0 Å². The molecule has 0 spiro atoms. The number of rotatable bonds is 5. The number of nitro groups is 1. The van der Waals surface area contributed by atoms with Crippen LogP contribution >= 0.6 is 11.3 Å². The van der Waals surface area contributed by atoms with Gasteiger partial charge in [0.2, 0.25) is 11.7 Å². The highest BCUT2D eigenvalue weighted by Gasteiger charge is 2.61. The minimum Gasteiger partial charge on any atom is -0.301 e. The number of fused-ring (bicyclic) bond motifs is 6. The van der Waals surface area contributed by atoms with Crippen LogP contribution in [0, 0.1) is 21.4 Å². The summed E-state index contributed by atoms with van der Waals surface area (Å²) in [5.41, 5.74) is -0.274.